The highest BCUT2D eigenvalue weighted by molar-refractivity contribution is 6.30. The van der Waals surface area contributed by atoms with E-state index in [1.54, 1.807) is 0 Å². The topological polar surface area (TPSA) is 24.3 Å². The Balaban J connectivity index is 1.49. The highest BCUT2D eigenvalue weighted by Gasteiger charge is 2.20. The zero-order chi connectivity index (χ0) is 20.1. The number of anilines is 1. The molecular weight excluding hydrogens is 368 g/mol. The van der Waals surface area contributed by atoms with E-state index in [1.165, 1.54) is 23.5 Å². The molecule has 0 N–H and O–H groups in total. The number of benzene rings is 1. The quantitative estimate of drug-likeness (QED) is 0.651. The lowest BCUT2D eigenvalue weighted by molar-refractivity contribution is 0.253. The summed E-state index contributed by atoms with van der Waals surface area (Å²) in [6, 6.07) is 10.5. The average Bonchev–Trinajstić information content (AvgIpc) is 3.07. The van der Waals surface area contributed by atoms with E-state index in [2.05, 4.69) is 60.4 Å². The van der Waals surface area contributed by atoms with Crippen molar-refractivity contribution in [3.63, 3.8) is 0 Å². The maximum Gasteiger partial charge on any atom is 0.0627 e. The Kier molecular flexibility index (Phi) is 7.05. The van der Waals surface area contributed by atoms with Gasteiger partial charge < -0.3 is 4.90 Å². The van der Waals surface area contributed by atoms with Crippen molar-refractivity contribution in [2.24, 2.45) is 0 Å². The first-order chi connectivity index (χ1) is 13.4. The Morgan fingerprint density at radius 3 is 2.29 bits per heavy atom. The highest BCUT2D eigenvalue weighted by Crippen LogP contribution is 2.21. The largest absolute Gasteiger partial charge is 0.369 e. The van der Waals surface area contributed by atoms with Crippen LogP contribution in [-0.4, -0.2) is 47.4 Å². The minimum Gasteiger partial charge on any atom is -0.369 e. The molecule has 2 aromatic rings. The Labute approximate surface area is 175 Å². The molecule has 2 heterocycles. The predicted octanol–water partition coefficient (Wildman–Crippen LogP) is 5.00. The minimum absolute atomic E-state index is 0.0472. The van der Waals surface area contributed by atoms with Gasteiger partial charge in [-0.25, -0.2) is 0 Å². The maximum absolute atomic E-state index is 6.01. The van der Waals surface area contributed by atoms with Gasteiger partial charge in [-0.05, 0) is 76.9 Å². The smallest absolute Gasteiger partial charge is 0.0627 e. The van der Waals surface area contributed by atoms with Gasteiger partial charge in [0.1, 0.15) is 0 Å². The Morgan fingerprint density at radius 2 is 1.68 bits per heavy atom. The van der Waals surface area contributed by atoms with Crippen LogP contribution in [0.1, 0.15) is 51.9 Å². The van der Waals surface area contributed by atoms with E-state index in [-0.39, 0.29) is 5.54 Å². The van der Waals surface area contributed by atoms with Crippen LogP contribution in [0, 0.1) is 0 Å². The Hall–Kier alpha value is -1.52. The van der Waals surface area contributed by atoms with Crippen LogP contribution in [0.4, 0.5) is 5.69 Å². The molecule has 5 heteroatoms. The molecule has 3 rings (SSSR count). The van der Waals surface area contributed by atoms with Gasteiger partial charge in [0.15, 0.2) is 0 Å². The minimum atomic E-state index is 0.0472. The monoisotopic (exact) mass is 402 g/mol. The molecule has 1 aromatic heterocycles. The summed E-state index contributed by atoms with van der Waals surface area (Å²) in [4.78, 5) is 5.05. The van der Waals surface area contributed by atoms with Gasteiger partial charge in [0.05, 0.1) is 11.2 Å². The summed E-state index contributed by atoms with van der Waals surface area (Å²) in [6.45, 7) is 14.5. The van der Waals surface area contributed by atoms with Crippen LogP contribution >= 0.6 is 11.6 Å². The fourth-order valence-corrected chi connectivity index (χ4v) is 4.10. The third-order valence-electron chi connectivity index (χ3n) is 5.45. The normalized spacial score (nSPS) is 16.0. The van der Waals surface area contributed by atoms with Crippen LogP contribution in [0.5, 0.6) is 0 Å². The van der Waals surface area contributed by atoms with Gasteiger partial charge in [-0.2, -0.15) is 5.10 Å². The first-order valence-electron chi connectivity index (χ1n) is 10.7. The fraction of sp³-hybridized carbons (Fsp3) is 0.609. The van der Waals surface area contributed by atoms with Crippen LogP contribution < -0.4 is 4.90 Å². The lowest BCUT2D eigenvalue weighted by Crippen LogP contribution is -2.46. The lowest BCUT2D eigenvalue weighted by Gasteiger charge is -2.36. The van der Waals surface area contributed by atoms with Gasteiger partial charge in [-0.3, -0.25) is 9.58 Å². The average molecular weight is 403 g/mol. The van der Waals surface area contributed by atoms with E-state index >= 15 is 0 Å². The van der Waals surface area contributed by atoms with Crippen molar-refractivity contribution in [3.05, 3.63) is 46.7 Å². The third-order valence-corrected chi connectivity index (χ3v) is 5.70. The Morgan fingerprint density at radius 1 is 1.00 bits per heavy atom. The molecule has 0 bridgehead atoms. The van der Waals surface area contributed by atoms with E-state index in [0.717, 1.165) is 57.0 Å². The molecule has 1 saturated heterocycles. The van der Waals surface area contributed by atoms with Gasteiger partial charge in [-0.1, -0.05) is 24.9 Å². The molecule has 1 aromatic carbocycles. The van der Waals surface area contributed by atoms with E-state index in [0.29, 0.717) is 0 Å². The molecule has 0 amide bonds. The van der Waals surface area contributed by atoms with Crippen molar-refractivity contribution in [1.29, 1.82) is 0 Å². The van der Waals surface area contributed by atoms with Crippen molar-refractivity contribution in [3.8, 4) is 0 Å². The van der Waals surface area contributed by atoms with Crippen LogP contribution in [-0.2, 0) is 18.4 Å². The first-order valence-corrected chi connectivity index (χ1v) is 11.1. The zero-order valence-corrected chi connectivity index (χ0v) is 18.7. The van der Waals surface area contributed by atoms with Crippen molar-refractivity contribution < 1.29 is 0 Å². The summed E-state index contributed by atoms with van der Waals surface area (Å²) < 4.78 is 2.25. The first kappa shape index (κ1) is 21.2. The summed E-state index contributed by atoms with van der Waals surface area (Å²) in [7, 11) is 0. The summed E-state index contributed by atoms with van der Waals surface area (Å²) in [6.07, 6.45) is 4.51. The van der Waals surface area contributed by atoms with Crippen molar-refractivity contribution in [1.82, 2.24) is 14.7 Å². The molecule has 0 radical (unpaired) electrons. The molecule has 1 aliphatic heterocycles. The summed E-state index contributed by atoms with van der Waals surface area (Å²) in [5.41, 5.74) is 3.95. The summed E-state index contributed by atoms with van der Waals surface area (Å²) in [5, 5.41) is 5.68. The lowest BCUT2D eigenvalue weighted by atomic mass is 10.1. The second-order valence-electron chi connectivity index (χ2n) is 8.87. The number of piperazine rings is 1. The van der Waals surface area contributed by atoms with Crippen LogP contribution in [0.25, 0.3) is 0 Å². The predicted molar refractivity (Wildman–Crippen MR) is 120 cm³/mol. The fourth-order valence-electron chi connectivity index (χ4n) is 3.98. The molecular formula is C23H35ClN4. The van der Waals surface area contributed by atoms with E-state index in [9.17, 15) is 0 Å². The Bertz CT molecular complexity index is 737. The van der Waals surface area contributed by atoms with Gasteiger partial charge in [0, 0.05) is 42.6 Å². The summed E-state index contributed by atoms with van der Waals surface area (Å²) >= 11 is 6.01. The van der Waals surface area contributed by atoms with Crippen LogP contribution in [0.3, 0.4) is 0 Å². The standard InChI is InChI=1S/C23H35ClN4/c1-5-7-20-18-22(28(25-20)23(2,3)4)8-6-13-26-14-16-27(17-15-26)21-11-9-19(24)10-12-21/h9-12,18H,5-8,13-17H2,1-4H3. The molecule has 0 atom stereocenters. The maximum atomic E-state index is 6.01. The number of aryl methyl sites for hydroxylation is 2. The molecule has 1 fully saturated rings. The molecule has 154 valence electrons. The zero-order valence-electron chi connectivity index (χ0n) is 17.9. The molecule has 0 unspecified atom stereocenters. The van der Waals surface area contributed by atoms with E-state index in [4.69, 9.17) is 16.7 Å². The van der Waals surface area contributed by atoms with Crippen molar-refractivity contribution in [2.75, 3.05) is 37.6 Å². The molecule has 0 aliphatic carbocycles. The van der Waals surface area contributed by atoms with Crippen LogP contribution in [0.15, 0.2) is 30.3 Å². The highest BCUT2D eigenvalue weighted by atomic mass is 35.5. The van der Waals surface area contributed by atoms with Crippen LogP contribution in [0.2, 0.25) is 5.02 Å². The number of hydrogen-bond acceptors (Lipinski definition) is 3. The number of aromatic nitrogens is 2. The van der Waals surface area contributed by atoms with Crippen molar-refractivity contribution in [2.45, 2.75) is 58.9 Å². The molecule has 1 aliphatic rings. The van der Waals surface area contributed by atoms with Gasteiger partial charge in [0.2, 0.25) is 0 Å². The number of hydrogen-bond donors (Lipinski definition) is 0. The summed E-state index contributed by atoms with van der Waals surface area (Å²) in [5.74, 6) is 0. The second kappa shape index (κ2) is 9.32. The molecule has 0 saturated carbocycles. The number of rotatable bonds is 7. The molecule has 28 heavy (non-hydrogen) atoms. The van der Waals surface area contributed by atoms with Gasteiger partial charge >= 0.3 is 0 Å². The SMILES string of the molecule is CCCc1cc(CCCN2CCN(c3ccc(Cl)cc3)CC2)n(C(C)(C)C)n1. The van der Waals surface area contributed by atoms with Gasteiger partial charge in [-0.15, -0.1) is 0 Å². The molecule has 4 nitrogen and oxygen atoms in total. The van der Waals surface area contributed by atoms with E-state index in [1.807, 2.05) is 12.1 Å². The van der Waals surface area contributed by atoms with E-state index < -0.39 is 0 Å². The number of halogens is 1. The number of nitrogens with zero attached hydrogens (tertiary/aromatic N) is 4. The van der Waals surface area contributed by atoms with Gasteiger partial charge in [0.25, 0.3) is 0 Å². The molecule has 0 spiro atoms. The second-order valence-corrected chi connectivity index (χ2v) is 9.30. The third kappa shape index (κ3) is 5.51. The van der Waals surface area contributed by atoms with Crippen molar-refractivity contribution >= 4 is 17.3 Å².